The number of imidazole rings is 1. The number of pyridine rings is 1. The summed E-state index contributed by atoms with van der Waals surface area (Å²) in [6.07, 6.45) is 2.31. The Morgan fingerprint density at radius 1 is 0.976 bits per heavy atom. The monoisotopic (exact) mass is 547 g/mol. The van der Waals surface area contributed by atoms with Gasteiger partial charge in [-0.2, -0.15) is 0 Å². The zero-order valence-electron chi connectivity index (χ0n) is 22.7. The maximum atomic E-state index is 14.4. The smallest absolute Gasteiger partial charge is 0.274 e. The van der Waals surface area contributed by atoms with E-state index in [0.717, 1.165) is 53.8 Å². The first-order valence-corrected chi connectivity index (χ1v) is 14.0. The minimum atomic E-state index is -0.836. The van der Waals surface area contributed by atoms with Gasteiger partial charge in [0.25, 0.3) is 5.91 Å². The number of aromatic nitrogens is 3. The van der Waals surface area contributed by atoms with Gasteiger partial charge in [-0.1, -0.05) is 42.5 Å². The Hall–Kier alpha value is -4.56. The van der Waals surface area contributed by atoms with Gasteiger partial charge in [0.1, 0.15) is 29.1 Å². The number of piperidine rings is 1. The Labute approximate surface area is 237 Å². The third-order valence-electron chi connectivity index (χ3n) is 8.44. The van der Waals surface area contributed by atoms with Crippen molar-refractivity contribution < 1.29 is 14.3 Å². The average Bonchev–Trinajstić information content (AvgIpc) is 3.56. The number of H-pyrrole nitrogens is 1. The van der Waals surface area contributed by atoms with Crippen molar-refractivity contribution in [2.45, 2.75) is 31.3 Å². The number of halogens is 1. The average molecular weight is 548 g/mol. The number of nitrogens with zero attached hydrogens (tertiary/aromatic N) is 4. The number of phenolic OH excluding ortho intramolecular Hbond substituents is 1. The van der Waals surface area contributed by atoms with Crippen LogP contribution in [0.2, 0.25) is 0 Å². The summed E-state index contributed by atoms with van der Waals surface area (Å²) in [5, 5.41) is 10.8. The van der Waals surface area contributed by atoms with Crippen molar-refractivity contribution in [2.24, 2.45) is 0 Å². The molecule has 2 aliphatic rings. The summed E-state index contributed by atoms with van der Waals surface area (Å²) < 4.78 is 14.4. The van der Waals surface area contributed by atoms with Gasteiger partial charge >= 0.3 is 0 Å². The number of hydrogen-bond donors (Lipinski definition) is 2. The number of para-hydroxylation sites is 2. The van der Waals surface area contributed by atoms with Gasteiger partial charge in [-0.15, -0.1) is 0 Å². The fraction of sp³-hybridized carbons (Fsp3) is 0.242. The predicted octanol–water partition coefficient (Wildman–Crippen LogP) is 6.02. The van der Waals surface area contributed by atoms with Crippen molar-refractivity contribution in [3.8, 4) is 17.0 Å². The van der Waals surface area contributed by atoms with Crippen LogP contribution in [-0.4, -0.2) is 55.9 Å². The Bertz CT molecular complexity index is 1720. The molecular formula is C33H30FN5O2. The zero-order valence-corrected chi connectivity index (χ0v) is 22.7. The molecule has 0 radical (unpaired) electrons. The number of hydrogen-bond acceptors (Lipinski definition) is 5. The maximum absolute atomic E-state index is 14.4. The largest absolute Gasteiger partial charge is 0.508 e. The summed E-state index contributed by atoms with van der Waals surface area (Å²) in [5.41, 5.74) is 5.92. The van der Waals surface area contributed by atoms with Crippen molar-refractivity contribution in [3.05, 3.63) is 113 Å². The summed E-state index contributed by atoms with van der Waals surface area (Å²) in [6, 6.07) is 22.8. The first kappa shape index (κ1) is 25.4. The highest BCUT2D eigenvalue weighted by atomic mass is 19.1. The Morgan fingerprint density at radius 2 is 1.76 bits per heavy atom. The number of aromatic hydroxyl groups is 1. The van der Waals surface area contributed by atoms with Crippen LogP contribution in [0.4, 0.5) is 4.39 Å². The summed E-state index contributed by atoms with van der Waals surface area (Å²) in [5.74, 6) is 0.0980. The van der Waals surface area contributed by atoms with Crippen LogP contribution < -0.4 is 0 Å². The lowest BCUT2D eigenvalue weighted by Crippen LogP contribution is -2.31. The lowest BCUT2D eigenvalue weighted by Gasteiger charge is -2.29. The summed E-state index contributed by atoms with van der Waals surface area (Å²) in [4.78, 5) is 30.7. The molecule has 5 aromatic rings. The molecule has 7 nitrogen and oxygen atoms in total. The molecule has 3 aromatic carbocycles. The Balaban J connectivity index is 1.22. The summed E-state index contributed by atoms with van der Waals surface area (Å²) in [6.45, 7) is 2.48. The molecule has 0 spiro atoms. The molecule has 2 N–H and O–H groups in total. The van der Waals surface area contributed by atoms with E-state index in [1.54, 1.807) is 4.90 Å². The summed E-state index contributed by atoms with van der Waals surface area (Å²) in [7, 11) is 2.17. The molecule has 1 unspecified atom stereocenters. The topological polar surface area (TPSA) is 85.4 Å². The number of nitrogens with one attached hydrogen (secondary N) is 1. The number of phenols is 1. The molecule has 4 heterocycles. The second-order valence-electron chi connectivity index (χ2n) is 11.1. The highest BCUT2D eigenvalue weighted by Crippen LogP contribution is 2.39. The van der Waals surface area contributed by atoms with E-state index >= 15 is 0 Å². The van der Waals surface area contributed by atoms with E-state index in [0.29, 0.717) is 17.4 Å². The van der Waals surface area contributed by atoms with E-state index in [1.165, 1.54) is 23.8 Å². The molecule has 0 bridgehead atoms. The zero-order chi connectivity index (χ0) is 28.1. The minimum absolute atomic E-state index is 0.112. The first-order chi connectivity index (χ1) is 19.9. The van der Waals surface area contributed by atoms with Crippen LogP contribution in [0.25, 0.3) is 22.3 Å². The molecule has 1 amide bonds. The molecule has 1 saturated heterocycles. The van der Waals surface area contributed by atoms with Gasteiger partial charge in [-0.25, -0.2) is 14.4 Å². The van der Waals surface area contributed by atoms with E-state index in [2.05, 4.69) is 41.2 Å². The minimum Gasteiger partial charge on any atom is -0.508 e. The number of rotatable bonds is 5. The number of carbonyl (C=O) groups excluding carboxylic acids is 1. The predicted molar refractivity (Wildman–Crippen MR) is 155 cm³/mol. The van der Waals surface area contributed by atoms with E-state index in [4.69, 9.17) is 9.97 Å². The molecular weight excluding hydrogens is 517 g/mol. The molecule has 8 heteroatoms. The van der Waals surface area contributed by atoms with Gasteiger partial charge in [0, 0.05) is 23.2 Å². The SMILES string of the molecule is CN1CCC(c2ccc(-c3ccc4c(n3)C(=O)N(C(c3nc5ccccc5[nH]3)c3cc(F)ccc3O)C4)cc2)CC1. The van der Waals surface area contributed by atoms with Crippen LogP contribution in [0.1, 0.15) is 57.8 Å². The van der Waals surface area contributed by atoms with Gasteiger partial charge in [0.15, 0.2) is 0 Å². The first-order valence-electron chi connectivity index (χ1n) is 14.0. The normalized spacial score (nSPS) is 16.8. The fourth-order valence-electron chi connectivity index (χ4n) is 6.14. The number of likely N-dealkylation sites (tertiary alicyclic amines) is 1. The quantitative estimate of drug-likeness (QED) is 0.281. The number of carbonyl (C=O) groups is 1. The van der Waals surface area contributed by atoms with Crippen molar-refractivity contribution in [3.63, 3.8) is 0 Å². The van der Waals surface area contributed by atoms with Crippen molar-refractivity contribution in [2.75, 3.05) is 20.1 Å². The number of aromatic amines is 1. The van der Waals surface area contributed by atoms with Crippen LogP contribution in [-0.2, 0) is 6.54 Å². The highest BCUT2D eigenvalue weighted by molar-refractivity contribution is 5.97. The molecule has 2 aliphatic heterocycles. The number of benzene rings is 3. The lowest BCUT2D eigenvalue weighted by molar-refractivity contribution is 0.0719. The van der Waals surface area contributed by atoms with Crippen LogP contribution in [0.3, 0.4) is 0 Å². The van der Waals surface area contributed by atoms with Crippen LogP contribution in [0, 0.1) is 5.82 Å². The van der Waals surface area contributed by atoms with E-state index in [1.807, 2.05) is 36.4 Å². The van der Waals surface area contributed by atoms with Gasteiger partial charge in [-0.3, -0.25) is 4.79 Å². The van der Waals surface area contributed by atoms with E-state index < -0.39 is 11.9 Å². The van der Waals surface area contributed by atoms with Crippen LogP contribution in [0.15, 0.2) is 78.9 Å². The third-order valence-corrected chi connectivity index (χ3v) is 8.44. The Morgan fingerprint density at radius 3 is 2.54 bits per heavy atom. The van der Waals surface area contributed by atoms with Gasteiger partial charge in [-0.05, 0) is 80.9 Å². The van der Waals surface area contributed by atoms with Crippen LogP contribution >= 0.6 is 0 Å². The number of fused-ring (bicyclic) bond motifs is 2. The maximum Gasteiger partial charge on any atom is 0.274 e. The lowest BCUT2D eigenvalue weighted by atomic mass is 9.89. The van der Waals surface area contributed by atoms with Gasteiger partial charge in [0.2, 0.25) is 0 Å². The van der Waals surface area contributed by atoms with Crippen LogP contribution in [0.5, 0.6) is 5.75 Å². The molecule has 1 fully saturated rings. The van der Waals surface area contributed by atoms with E-state index in [-0.39, 0.29) is 23.8 Å². The molecule has 41 heavy (non-hydrogen) atoms. The summed E-state index contributed by atoms with van der Waals surface area (Å²) >= 11 is 0. The van der Waals surface area contributed by atoms with Crippen molar-refractivity contribution >= 4 is 16.9 Å². The van der Waals surface area contributed by atoms with Crippen molar-refractivity contribution in [1.29, 1.82) is 0 Å². The third kappa shape index (κ3) is 4.64. The van der Waals surface area contributed by atoms with E-state index in [9.17, 15) is 14.3 Å². The second kappa shape index (κ2) is 10.1. The second-order valence-corrected chi connectivity index (χ2v) is 11.1. The fourth-order valence-corrected chi connectivity index (χ4v) is 6.14. The molecule has 2 aromatic heterocycles. The molecule has 206 valence electrons. The Kier molecular flexibility index (Phi) is 6.27. The molecule has 7 rings (SSSR count). The molecule has 0 aliphatic carbocycles. The standard InChI is InChI=1S/C33H30FN5O2/c1-38-16-14-21(15-17-38)20-6-8-22(9-7-20)26-12-10-23-19-39(33(41)30(23)35-26)31(25-18-24(34)11-13-29(25)40)32-36-27-4-2-3-5-28(27)37-32/h2-13,18,21,31,40H,14-17,19H2,1H3,(H,36,37). The highest BCUT2D eigenvalue weighted by Gasteiger charge is 2.38. The van der Waals surface area contributed by atoms with Gasteiger partial charge in [0.05, 0.1) is 16.7 Å². The molecule has 1 atom stereocenters. The van der Waals surface area contributed by atoms with Crippen molar-refractivity contribution in [1.82, 2.24) is 24.8 Å². The molecule has 0 saturated carbocycles. The number of amides is 1. The van der Waals surface area contributed by atoms with Gasteiger partial charge < -0.3 is 19.9 Å².